The van der Waals surface area contributed by atoms with Gasteiger partial charge in [-0.15, -0.1) is 5.10 Å². The lowest BCUT2D eigenvalue weighted by Gasteiger charge is -2.17. The third kappa shape index (κ3) is 4.48. The first kappa shape index (κ1) is 19.0. The van der Waals surface area contributed by atoms with Gasteiger partial charge in [0.2, 0.25) is 0 Å². The molecule has 3 rings (SSSR count). The standard InChI is InChI=1S/C16H11F5N4OS/c1-15(17,18)8-4-9(16(19,20)21)6-11(5-8)23-14(26)22-10-2-3-12-13(7-10)27-25-24-12/h2-7H,1H3,(H2,22,23,26). The lowest BCUT2D eigenvalue weighted by Crippen LogP contribution is -2.21. The van der Waals surface area contributed by atoms with Gasteiger partial charge in [0.15, 0.2) is 0 Å². The number of hydrogen-bond acceptors (Lipinski definition) is 4. The molecular formula is C16H11F5N4OS. The Morgan fingerprint density at radius 1 is 0.963 bits per heavy atom. The summed E-state index contributed by atoms with van der Waals surface area (Å²) in [6, 6.07) is 5.58. The maximum absolute atomic E-state index is 13.5. The first-order valence-electron chi connectivity index (χ1n) is 7.43. The number of aromatic nitrogens is 2. The number of rotatable bonds is 3. The van der Waals surface area contributed by atoms with Gasteiger partial charge in [-0.1, -0.05) is 4.49 Å². The largest absolute Gasteiger partial charge is 0.416 e. The highest BCUT2D eigenvalue weighted by atomic mass is 32.1. The van der Waals surface area contributed by atoms with Gasteiger partial charge in [0.1, 0.15) is 5.52 Å². The van der Waals surface area contributed by atoms with Gasteiger partial charge in [-0.05, 0) is 47.9 Å². The number of halogens is 5. The molecule has 0 saturated heterocycles. The van der Waals surface area contributed by atoms with E-state index >= 15 is 0 Å². The average molecular weight is 402 g/mol. The zero-order valence-electron chi connectivity index (χ0n) is 13.6. The number of fused-ring (bicyclic) bond motifs is 1. The van der Waals surface area contributed by atoms with E-state index in [4.69, 9.17) is 0 Å². The maximum atomic E-state index is 13.5. The molecule has 0 aliphatic heterocycles. The summed E-state index contributed by atoms with van der Waals surface area (Å²) < 4.78 is 70.3. The van der Waals surface area contributed by atoms with Crippen molar-refractivity contribution in [2.24, 2.45) is 0 Å². The Hall–Kier alpha value is -2.82. The van der Waals surface area contributed by atoms with Crippen LogP contribution in [0.25, 0.3) is 10.2 Å². The molecule has 0 atom stereocenters. The van der Waals surface area contributed by atoms with E-state index in [0.29, 0.717) is 35.0 Å². The maximum Gasteiger partial charge on any atom is 0.416 e. The average Bonchev–Trinajstić information content (AvgIpc) is 3.00. The molecule has 1 heterocycles. The molecule has 5 nitrogen and oxygen atoms in total. The molecule has 0 unspecified atom stereocenters. The summed E-state index contributed by atoms with van der Waals surface area (Å²) in [5, 5.41) is 8.40. The van der Waals surface area contributed by atoms with Crippen molar-refractivity contribution in [3.05, 3.63) is 47.5 Å². The molecule has 2 N–H and O–H groups in total. The molecule has 3 aromatic rings. The van der Waals surface area contributed by atoms with Crippen molar-refractivity contribution in [2.75, 3.05) is 10.6 Å². The third-order valence-electron chi connectivity index (χ3n) is 3.53. The number of nitrogens with one attached hydrogen (secondary N) is 2. The first-order chi connectivity index (χ1) is 12.5. The molecular weight excluding hydrogens is 391 g/mol. The lowest BCUT2D eigenvalue weighted by molar-refractivity contribution is -0.137. The van der Waals surface area contributed by atoms with Crippen LogP contribution in [-0.2, 0) is 12.1 Å². The summed E-state index contributed by atoms with van der Waals surface area (Å²) in [7, 11) is 0. The number of benzene rings is 2. The minimum atomic E-state index is -4.83. The SMILES string of the molecule is CC(F)(F)c1cc(NC(=O)Nc2ccc3nnsc3c2)cc(C(F)(F)F)c1. The second kappa shape index (κ2) is 6.72. The fourth-order valence-electron chi connectivity index (χ4n) is 2.27. The van der Waals surface area contributed by atoms with Gasteiger partial charge in [-0.3, -0.25) is 0 Å². The number of urea groups is 1. The quantitative estimate of drug-likeness (QED) is 0.571. The Morgan fingerprint density at radius 2 is 1.63 bits per heavy atom. The van der Waals surface area contributed by atoms with Crippen LogP contribution in [0.3, 0.4) is 0 Å². The number of carbonyl (C=O) groups is 1. The fraction of sp³-hybridized carbons (Fsp3) is 0.188. The van der Waals surface area contributed by atoms with Crippen LogP contribution >= 0.6 is 11.5 Å². The van der Waals surface area contributed by atoms with E-state index in [-0.39, 0.29) is 0 Å². The minimum absolute atomic E-state index is 0.346. The molecule has 11 heteroatoms. The summed E-state index contributed by atoms with van der Waals surface area (Å²) in [4.78, 5) is 12.1. The molecule has 0 spiro atoms. The van der Waals surface area contributed by atoms with Gasteiger partial charge in [0.25, 0.3) is 5.92 Å². The van der Waals surface area contributed by atoms with Gasteiger partial charge in [-0.25, -0.2) is 13.6 Å². The van der Waals surface area contributed by atoms with Crippen LogP contribution < -0.4 is 10.6 Å². The zero-order chi connectivity index (χ0) is 19.8. The number of alkyl halides is 5. The van der Waals surface area contributed by atoms with Crippen molar-refractivity contribution in [1.29, 1.82) is 0 Å². The van der Waals surface area contributed by atoms with Crippen LogP contribution in [-0.4, -0.2) is 15.6 Å². The molecule has 2 amide bonds. The Balaban J connectivity index is 1.83. The zero-order valence-corrected chi connectivity index (χ0v) is 14.4. The van der Waals surface area contributed by atoms with Gasteiger partial charge >= 0.3 is 12.2 Å². The summed E-state index contributed by atoms with van der Waals surface area (Å²) in [6.07, 6.45) is -4.83. The van der Waals surface area contributed by atoms with Crippen LogP contribution in [0.1, 0.15) is 18.1 Å². The molecule has 0 fully saturated rings. The van der Waals surface area contributed by atoms with Gasteiger partial charge in [0, 0.05) is 23.9 Å². The number of carbonyl (C=O) groups excluding carboxylic acids is 1. The minimum Gasteiger partial charge on any atom is -0.308 e. The first-order valence-corrected chi connectivity index (χ1v) is 8.20. The van der Waals surface area contributed by atoms with Crippen molar-refractivity contribution in [3.8, 4) is 0 Å². The van der Waals surface area contributed by atoms with Crippen molar-refractivity contribution in [2.45, 2.75) is 19.0 Å². The molecule has 0 saturated carbocycles. The number of amides is 2. The summed E-state index contributed by atoms with van der Waals surface area (Å²) in [5.74, 6) is -3.50. The Morgan fingerprint density at radius 3 is 2.30 bits per heavy atom. The fourth-order valence-corrected chi connectivity index (χ4v) is 2.87. The highest BCUT2D eigenvalue weighted by Gasteiger charge is 2.34. The molecule has 0 aliphatic rings. The topological polar surface area (TPSA) is 66.9 Å². The number of hydrogen-bond donors (Lipinski definition) is 2. The third-order valence-corrected chi connectivity index (χ3v) is 4.22. The van der Waals surface area contributed by atoms with Crippen LogP contribution in [0.5, 0.6) is 0 Å². The van der Waals surface area contributed by atoms with Gasteiger partial charge in [-0.2, -0.15) is 13.2 Å². The van der Waals surface area contributed by atoms with Gasteiger partial charge in [0.05, 0.1) is 10.3 Å². The van der Waals surface area contributed by atoms with E-state index in [9.17, 15) is 26.7 Å². The van der Waals surface area contributed by atoms with Crippen molar-refractivity contribution in [3.63, 3.8) is 0 Å². The van der Waals surface area contributed by atoms with Crippen molar-refractivity contribution >= 4 is 39.2 Å². The van der Waals surface area contributed by atoms with E-state index in [1.165, 1.54) is 6.07 Å². The molecule has 0 bridgehead atoms. The van der Waals surface area contributed by atoms with E-state index < -0.39 is 34.9 Å². The van der Waals surface area contributed by atoms with Crippen LogP contribution in [0.15, 0.2) is 36.4 Å². The molecule has 0 aliphatic carbocycles. The van der Waals surface area contributed by atoms with Crippen LogP contribution in [0, 0.1) is 0 Å². The highest BCUT2D eigenvalue weighted by molar-refractivity contribution is 7.12. The second-order valence-electron chi connectivity index (χ2n) is 5.72. The molecule has 0 radical (unpaired) electrons. The normalized spacial score (nSPS) is 12.2. The van der Waals surface area contributed by atoms with Crippen molar-refractivity contribution < 1.29 is 26.7 Å². The second-order valence-corrected chi connectivity index (χ2v) is 6.51. The summed E-state index contributed by atoms with van der Waals surface area (Å²) in [6.45, 7) is 0.477. The van der Waals surface area contributed by atoms with E-state index in [2.05, 4.69) is 20.2 Å². The van der Waals surface area contributed by atoms with Crippen LogP contribution in [0.4, 0.5) is 38.1 Å². The molecule has 142 valence electrons. The van der Waals surface area contributed by atoms with Crippen molar-refractivity contribution in [1.82, 2.24) is 9.59 Å². The Kier molecular flexibility index (Phi) is 4.72. The van der Waals surface area contributed by atoms with Crippen LogP contribution in [0.2, 0.25) is 0 Å². The summed E-state index contributed by atoms with van der Waals surface area (Å²) in [5.41, 5.74) is -1.57. The predicted octanol–water partition coefficient (Wildman–Crippen LogP) is 5.47. The molecule has 27 heavy (non-hydrogen) atoms. The molecule has 1 aromatic heterocycles. The van der Waals surface area contributed by atoms with Gasteiger partial charge < -0.3 is 10.6 Å². The Labute approximate surface area is 153 Å². The predicted molar refractivity (Wildman–Crippen MR) is 91.1 cm³/mol. The van der Waals surface area contributed by atoms with E-state index in [0.717, 1.165) is 17.6 Å². The summed E-state index contributed by atoms with van der Waals surface area (Å²) >= 11 is 1.10. The molecule has 2 aromatic carbocycles. The lowest BCUT2D eigenvalue weighted by atomic mass is 10.0. The van der Waals surface area contributed by atoms with E-state index in [1.54, 1.807) is 12.1 Å². The monoisotopic (exact) mass is 402 g/mol. The Bertz CT molecular complexity index is 964. The smallest absolute Gasteiger partial charge is 0.308 e. The highest BCUT2D eigenvalue weighted by Crippen LogP contribution is 2.36. The van der Waals surface area contributed by atoms with E-state index in [1.807, 2.05) is 0 Å². The number of anilines is 2. The number of nitrogens with zero attached hydrogens (tertiary/aromatic N) is 2.